The standard InChI is InChI=1S/C10H7F3N2/c1-6-4-15(5-14-6)8-3-2-7(11)9(12)10(8)13/h2-5H,1H3. The number of nitrogens with zero attached hydrogens (tertiary/aromatic N) is 2. The van der Waals surface area contributed by atoms with Crippen LogP contribution < -0.4 is 0 Å². The number of benzene rings is 1. The van der Waals surface area contributed by atoms with Crippen molar-refractivity contribution < 1.29 is 13.2 Å². The molecule has 0 saturated heterocycles. The van der Waals surface area contributed by atoms with Crippen LogP contribution in [0.3, 0.4) is 0 Å². The summed E-state index contributed by atoms with van der Waals surface area (Å²) in [4.78, 5) is 3.87. The molecule has 0 spiro atoms. The maximum Gasteiger partial charge on any atom is 0.196 e. The van der Waals surface area contributed by atoms with E-state index < -0.39 is 17.5 Å². The van der Waals surface area contributed by atoms with Crippen molar-refractivity contribution in [2.75, 3.05) is 0 Å². The fourth-order valence-electron chi connectivity index (χ4n) is 1.27. The molecule has 0 atom stereocenters. The van der Waals surface area contributed by atoms with Gasteiger partial charge in [0.15, 0.2) is 17.5 Å². The molecular formula is C10H7F3N2. The van der Waals surface area contributed by atoms with Crippen LogP contribution in [0.1, 0.15) is 5.69 Å². The van der Waals surface area contributed by atoms with Gasteiger partial charge < -0.3 is 4.57 Å². The van der Waals surface area contributed by atoms with E-state index in [-0.39, 0.29) is 5.69 Å². The van der Waals surface area contributed by atoms with Gasteiger partial charge in [-0.3, -0.25) is 0 Å². The average Bonchev–Trinajstić information content (AvgIpc) is 2.61. The van der Waals surface area contributed by atoms with Crippen molar-refractivity contribution >= 4 is 0 Å². The largest absolute Gasteiger partial charge is 0.303 e. The molecular weight excluding hydrogens is 205 g/mol. The summed E-state index contributed by atoms with van der Waals surface area (Å²) in [6, 6.07) is 2.04. The predicted octanol–water partition coefficient (Wildman–Crippen LogP) is 2.60. The minimum absolute atomic E-state index is 0.0606. The third-order valence-corrected chi connectivity index (χ3v) is 2.00. The molecule has 5 heteroatoms. The first-order chi connectivity index (χ1) is 7.09. The van der Waals surface area contributed by atoms with Gasteiger partial charge in [-0.1, -0.05) is 0 Å². The molecule has 0 aliphatic carbocycles. The van der Waals surface area contributed by atoms with E-state index in [1.807, 2.05) is 0 Å². The van der Waals surface area contributed by atoms with Gasteiger partial charge in [0.1, 0.15) is 0 Å². The Hall–Kier alpha value is -1.78. The zero-order valence-electron chi connectivity index (χ0n) is 7.84. The Balaban J connectivity index is 2.59. The average molecular weight is 212 g/mol. The Morgan fingerprint density at radius 2 is 1.87 bits per heavy atom. The van der Waals surface area contributed by atoms with Gasteiger partial charge in [-0.05, 0) is 19.1 Å². The minimum atomic E-state index is -1.47. The molecule has 0 amide bonds. The van der Waals surface area contributed by atoms with Crippen LogP contribution in [0.25, 0.3) is 5.69 Å². The molecule has 0 radical (unpaired) electrons. The molecule has 0 N–H and O–H groups in total. The van der Waals surface area contributed by atoms with Gasteiger partial charge in [-0.15, -0.1) is 0 Å². The molecule has 0 aliphatic heterocycles. The van der Waals surface area contributed by atoms with Crippen molar-refractivity contribution in [2.45, 2.75) is 6.92 Å². The third kappa shape index (κ3) is 1.60. The lowest BCUT2D eigenvalue weighted by Crippen LogP contribution is -1.99. The van der Waals surface area contributed by atoms with E-state index in [1.54, 1.807) is 6.92 Å². The number of imidazole rings is 1. The SMILES string of the molecule is Cc1cn(-c2ccc(F)c(F)c2F)cn1. The smallest absolute Gasteiger partial charge is 0.196 e. The second kappa shape index (κ2) is 3.42. The van der Waals surface area contributed by atoms with Crippen LogP contribution in [-0.2, 0) is 0 Å². The molecule has 0 aliphatic rings. The van der Waals surface area contributed by atoms with Gasteiger partial charge in [0.25, 0.3) is 0 Å². The molecule has 1 heterocycles. The summed E-state index contributed by atoms with van der Waals surface area (Å²) in [6.07, 6.45) is 2.86. The Bertz CT molecular complexity index is 505. The van der Waals surface area contributed by atoms with E-state index >= 15 is 0 Å². The second-order valence-corrected chi connectivity index (χ2v) is 3.12. The van der Waals surface area contributed by atoms with E-state index in [1.165, 1.54) is 17.1 Å². The van der Waals surface area contributed by atoms with Crippen molar-refractivity contribution in [1.29, 1.82) is 0 Å². The van der Waals surface area contributed by atoms with Crippen molar-refractivity contribution in [3.63, 3.8) is 0 Å². The summed E-state index contributed by atoms with van der Waals surface area (Å²) in [5, 5.41) is 0. The summed E-state index contributed by atoms with van der Waals surface area (Å²) in [5.41, 5.74) is 0.605. The highest BCUT2D eigenvalue weighted by Gasteiger charge is 2.14. The molecule has 0 unspecified atom stereocenters. The first-order valence-electron chi connectivity index (χ1n) is 4.24. The molecule has 15 heavy (non-hydrogen) atoms. The summed E-state index contributed by atoms with van der Waals surface area (Å²) in [6.45, 7) is 1.72. The van der Waals surface area contributed by atoms with Crippen LogP contribution in [0, 0.1) is 24.4 Å². The number of rotatable bonds is 1. The van der Waals surface area contributed by atoms with E-state index in [0.29, 0.717) is 5.69 Å². The second-order valence-electron chi connectivity index (χ2n) is 3.12. The van der Waals surface area contributed by atoms with Gasteiger partial charge in [-0.2, -0.15) is 0 Å². The van der Waals surface area contributed by atoms with Crippen LogP contribution in [0.4, 0.5) is 13.2 Å². The van der Waals surface area contributed by atoms with Crippen LogP contribution in [-0.4, -0.2) is 9.55 Å². The fraction of sp³-hybridized carbons (Fsp3) is 0.100. The minimum Gasteiger partial charge on any atom is -0.303 e. The fourth-order valence-corrected chi connectivity index (χ4v) is 1.27. The normalized spacial score (nSPS) is 10.7. The van der Waals surface area contributed by atoms with E-state index in [9.17, 15) is 13.2 Å². The van der Waals surface area contributed by atoms with Crippen LogP contribution in [0.2, 0.25) is 0 Å². The highest BCUT2D eigenvalue weighted by atomic mass is 19.2. The molecule has 2 rings (SSSR count). The lowest BCUT2D eigenvalue weighted by Gasteiger charge is -2.04. The molecule has 0 fully saturated rings. The number of hydrogen-bond donors (Lipinski definition) is 0. The molecule has 2 nitrogen and oxygen atoms in total. The molecule has 2 aromatic rings. The van der Waals surface area contributed by atoms with Gasteiger partial charge in [0.05, 0.1) is 17.7 Å². The Morgan fingerprint density at radius 3 is 2.47 bits per heavy atom. The molecule has 0 bridgehead atoms. The number of aryl methyl sites for hydroxylation is 1. The Labute approximate surface area is 84.0 Å². The molecule has 0 saturated carbocycles. The number of halogens is 3. The third-order valence-electron chi connectivity index (χ3n) is 2.00. The van der Waals surface area contributed by atoms with Crippen molar-refractivity contribution in [3.05, 3.63) is 47.8 Å². The highest BCUT2D eigenvalue weighted by molar-refractivity contribution is 5.35. The van der Waals surface area contributed by atoms with Gasteiger partial charge >= 0.3 is 0 Å². The van der Waals surface area contributed by atoms with Crippen molar-refractivity contribution in [1.82, 2.24) is 9.55 Å². The van der Waals surface area contributed by atoms with E-state index in [4.69, 9.17) is 0 Å². The number of aromatic nitrogens is 2. The molecule has 1 aromatic carbocycles. The summed E-state index contributed by atoms with van der Waals surface area (Å²) in [7, 11) is 0. The summed E-state index contributed by atoms with van der Waals surface area (Å²) in [5.74, 6) is -3.89. The van der Waals surface area contributed by atoms with Crippen LogP contribution >= 0.6 is 0 Å². The zero-order chi connectivity index (χ0) is 11.0. The summed E-state index contributed by atoms with van der Waals surface area (Å²) >= 11 is 0. The molecule has 78 valence electrons. The maximum absolute atomic E-state index is 13.3. The lowest BCUT2D eigenvalue weighted by atomic mass is 10.3. The highest BCUT2D eigenvalue weighted by Crippen LogP contribution is 2.18. The van der Waals surface area contributed by atoms with Crippen molar-refractivity contribution in [3.8, 4) is 5.69 Å². The Kier molecular flexibility index (Phi) is 2.22. The van der Waals surface area contributed by atoms with Gasteiger partial charge in [0, 0.05) is 6.20 Å². The molecule has 1 aromatic heterocycles. The van der Waals surface area contributed by atoms with Gasteiger partial charge in [-0.25, -0.2) is 18.2 Å². The van der Waals surface area contributed by atoms with Crippen LogP contribution in [0.5, 0.6) is 0 Å². The van der Waals surface area contributed by atoms with Crippen molar-refractivity contribution in [2.24, 2.45) is 0 Å². The first kappa shape index (κ1) is 9.76. The first-order valence-corrected chi connectivity index (χ1v) is 4.24. The maximum atomic E-state index is 13.3. The lowest BCUT2D eigenvalue weighted by molar-refractivity contribution is 0.444. The predicted molar refractivity (Wildman–Crippen MR) is 48.2 cm³/mol. The monoisotopic (exact) mass is 212 g/mol. The topological polar surface area (TPSA) is 17.8 Å². The quantitative estimate of drug-likeness (QED) is 0.664. The van der Waals surface area contributed by atoms with E-state index in [0.717, 1.165) is 12.1 Å². The summed E-state index contributed by atoms with van der Waals surface area (Å²) < 4.78 is 40.1. The zero-order valence-corrected chi connectivity index (χ0v) is 7.84. The van der Waals surface area contributed by atoms with Crippen LogP contribution in [0.15, 0.2) is 24.7 Å². The van der Waals surface area contributed by atoms with Gasteiger partial charge in [0.2, 0.25) is 0 Å². The number of hydrogen-bond acceptors (Lipinski definition) is 1. The Morgan fingerprint density at radius 1 is 1.13 bits per heavy atom. The van der Waals surface area contributed by atoms with E-state index in [2.05, 4.69) is 4.98 Å².